The van der Waals surface area contributed by atoms with E-state index in [-0.39, 0.29) is 12.6 Å². The van der Waals surface area contributed by atoms with Crippen LogP contribution < -0.4 is 10.2 Å². The number of aryl methyl sites for hydroxylation is 1. The number of rotatable bonds is 5. The van der Waals surface area contributed by atoms with Crippen LogP contribution >= 0.6 is 0 Å². The predicted octanol–water partition coefficient (Wildman–Crippen LogP) is 2.45. The average Bonchev–Trinajstić information content (AvgIpc) is 3.19. The fraction of sp³-hybridized carbons (Fsp3) is 0.647. The largest absolute Gasteiger partial charge is 0.394 e. The minimum Gasteiger partial charge on any atom is -0.394 e. The lowest BCUT2D eigenvalue weighted by molar-refractivity contribution is 0.245. The quantitative estimate of drug-likeness (QED) is 0.866. The van der Waals surface area contributed by atoms with Crippen LogP contribution in [0.4, 0.5) is 5.69 Å². The molecule has 0 radical (unpaired) electrons. The Hall–Kier alpha value is -1.06. The number of nitrogens with one attached hydrogen (secondary N) is 1. The lowest BCUT2D eigenvalue weighted by Crippen LogP contribution is -2.35. The van der Waals surface area contributed by atoms with Gasteiger partial charge in [-0.1, -0.05) is 13.0 Å². The van der Waals surface area contributed by atoms with Crippen LogP contribution in [-0.2, 0) is 6.54 Å². The van der Waals surface area contributed by atoms with Gasteiger partial charge in [-0.15, -0.1) is 0 Å². The number of aliphatic hydroxyl groups excluding tert-OH is 1. The molecular weight excluding hydrogens is 248 g/mol. The van der Waals surface area contributed by atoms with E-state index in [0.29, 0.717) is 5.92 Å². The minimum absolute atomic E-state index is 0.255. The zero-order chi connectivity index (χ0) is 14.1. The van der Waals surface area contributed by atoms with Gasteiger partial charge in [-0.25, -0.2) is 0 Å². The second-order valence-electron chi connectivity index (χ2n) is 6.48. The van der Waals surface area contributed by atoms with Crippen molar-refractivity contribution < 1.29 is 5.11 Å². The first-order chi connectivity index (χ1) is 9.69. The highest BCUT2D eigenvalue weighted by Gasteiger charge is 2.30. The summed E-state index contributed by atoms with van der Waals surface area (Å²) in [7, 11) is 0. The van der Waals surface area contributed by atoms with Gasteiger partial charge >= 0.3 is 0 Å². The minimum atomic E-state index is 0.255. The molecule has 20 heavy (non-hydrogen) atoms. The van der Waals surface area contributed by atoms with Crippen LogP contribution in [0.2, 0.25) is 0 Å². The molecule has 2 atom stereocenters. The Kier molecular flexibility index (Phi) is 3.99. The maximum Gasteiger partial charge on any atom is 0.0637 e. The predicted molar refractivity (Wildman–Crippen MR) is 83.0 cm³/mol. The third-order valence-corrected chi connectivity index (χ3v) is 4.89. The molecule has 3 nitrogen and oxygen atoms in total. The first kappa shape index (κ1) is 13.9. The molecule has 1 heterocycles. The van der Waals surface area contributed by atoms with Crippen molar-refractivity contribution in [2.75, 3.05) is 18.1 Å². The van der Waals surface area contributed by atoms with Crippen LogP contribution in [0.3, 0.4) is 0 Å². The van der Waals surface area contributed by atoms with E-state index < -0.39 is 0 Å². The molecule has 1 aromatic rings. The van der Waals surface area contributed by atoms with Gasteiger partial charge in [-0.05, 0) is 55.4 Å². The molecule has 0 aromatic heterocycles. The number of benzene rings is 1. The van der Waals surface area contributed by atoms with Crippen LogP contribution in [0.25, 0.3) is 0 Å². The summed E-state index contributed by atoms with van der Waals surface area (Å²) in [5.41, 5.74) is 4.02. The lowest BCUT2D eigenvalue weighted by atomic mass is 10.0. The second kappa shape index (κ2) is 5.74. The van der Waals surface area contributed by atoms with Crippen molar-refractivity contribution in [1.29, 1.82) is 0 Å². The first-order valence-corrected chi connectivity index (χ1v) is 7.89. The summed E-state index contributed by atoms with van der Waals surface area (Å²) in [6, 6.07) is 7.79. The molecule has 2 fully saturated rings. The molecule has 110 valence electrons. The second-order valence-corrected chi connectivity index (χ2v) is 6.48. The summed E-state index contributed by atoms with van der Waals surface area (Å²) >= 11 is 0. The summed E-state index contributed by atoms with van der Waals surface area (Å²) in [4.78, 5) is 2.37. The Bertz CT molecular complexity index is 470. The zero-order valence-corrected chi connectivity index (χ0v) is 12.6. The van der Waals surface area contributed by atoms with Gasteiger partial charge in [0.2, 0.25) is 0 Å². The molecule has 0 spiro atoms. The highest BCUT2D eigenvalue weighted by molar-refractivity contribution is 5.52. The molecule has 2 N–H and O–H groups in total. The van der Waals surface area contributed by atoms with Crippen molar-refractivity contribution in [3.05, 3.63) is 29.3 Å². The molecule has 1 saturated heterocycles. The summed E-state index contributed by atoms with van der Waals surface area (Å²) < 4.78 is 0. The molecule has 2 aliphatic rings. The van der Waals surface area contributed by atoms with E-state index in [4.69, 9.17) is 0 Å². The number of hydrogen-bond donors (Lipinski definition) is 2. The van der Waals surface area contributed by atoms with Crippen molar-refractivity contribution in [1.82, 2.24) is 5.32 Å². The summed E-state index contributed by atoms with van der Waals surface area (Å²) in [5, 5.41) is 13.2. The van der Waals surface area contributed by atoms with E-state index in [1.165, 1.54) is 36.1 Å². The Morgan fingerprint density at radius 2 is 2.10 bits per heavy atom. The van der Waals surface area contributed by atoms with Crippen LogP contribution in [0.5, 0.6) is 0 Å². The van der Waals surface area contributed by atoms with Crippen LogP contribution in [0.1, 0.15) is 37.3 Å². The monoisotopic (exact) mass is 274 g/mol. The normalized spacial score (nSPS) is 26.2. The number of hydrogen-bond acceptors (Lipinski definition) is 3. The molecule has 1 aliphatic heterocycles. The smallest absolute Gasteiger partial charge is 0.0637 e. The number of aliphatic hydroxyl groups is 1. The van der Waals surface area contributed by atoms with Gasteiger partial charge in [0.1, 0.15) is 0 Å². The molecule has 1 aromatic carbocycles. The molecule has 0 amide bonds. The number of nitrogens with zero attached hydrogens (tertiary/aromatic N) is 1. The third-order valence-electron chi connectivity index (χ3n) is 4.89. The SMILES string of the molecule is Cc1cc(N2CCC(C)C2CO)ccc1CNC1CC1. The molecule has 3 rings (SSSR count). The fourth-order valence-electron chi connectivity index (χ4n) is 3.21. The van der Waals surface area contributed by atoms with Gasteiger partial charge in [-0.2, -0.15) is 0 Å². The maximum atomic E-state index is 9.59. The molecule has 2 unspecified atom stereocenters. The van der Waals surface area contributed by atoms with Gasteiger partial charge in [-0.3, -0.25) is 0 Å². The summed E-state index contributed by atoms with van der Waals surface area (Å²) in [6.07, 6.45) is 3.84. The number of anilines is 1. The van der Waals surface area contributed by atoms with E-state index in [1.54, 1.807) is 0 Å². The van der Waals surface area contributed by atoms with Gasteiger partial charge < -0.3 is 15.3 Å². The third kappa shape index (κ3) is 2.84. The maximum absolute atomic E-state index is 9.59. The molecule has 1 saturated carbocycles. The zero-order valence-electron chi connectivity index (χ0n) is 12.6. The van der Waals surface area contributed by atoms with E-state index >= 15 is 0 Å². The van der Waals surface area contributed by atoms with E-state index in [0.717, 1.165) is 19.1 Å². The Balaban J connectivity index is 1.72. The van der Waals surface area contributed by atoms with Crippen molar-refractivity contribution in [3.8, 4) is 0 Å². The van der Waals surface area contributed by atoms with Gasteiger partial charge in [0, 0.05) is 24.8 Å². The standard InChI is InChI=1S/C17H26N2O/c1-12-7-8-19(17(12)11-20)16-6-3-14(13(2)9-16)10-18-15-4-5-15/h3,6,9,12,15,17-18,20H,4-5,7-8,10-11H2,1-2H3. The Labute approximate surface area is 122 Å². The van der Waals surface area contributed by atoms with Crippen molar-refractivity contribution in [2.24, 2.45) is 5.92 Å². The Morgan fingerprint density at radius 3 is 2.75 bits per heavy atom. The average molecular weight is 274 g/mol. The van der Waals surface area contributed by atoms with Crippen LogP contribution in [0.15, 0.2) is 18.2 Å². The van der Waals surface area contributed by atoms with Gasteiger partial charge in [0.15, 0.2) is 0 Å². The van der Waals surface area contributed by atoms with Crippen LogP contribution in [0, 0.1) is 12.8 Å². The highest BCUT2D eigenvalue weighted by Crippen LogP contribution is 2.30. The fourth-order valence-corrected chi connectivity index (χ4v) is 3.21. The van der Waals surface area contributed by atoms with Gasteiger partial charge in [0.05, 0.1) is 12.6 Å². The molecule has 3 heteroatoms. The van der Waals surface area contributed by atoms with Gasteiger partial charge in [0.25, 0.3) is 0 Å². The van der Waals surface area contributed by atoms with Crippen LogP contribution in [-0.4, -0.2) is 30.3 Å². The van der Waals surface area contributed by atoms with E-state index in [2.05, 4.69) is 42.3 Å². The van der Waals surface area contributed by atoms with E-state index in [9.17, 15) is 5.11 Å². The molecule has 1 aliphatic carbocycles. The highest BCUT2D eigenvalue weighted by atomic mass is 16.3. The van der Waals surface area contributed by atoms with E-state index in [1.807, 2.05) is 0 Å². The van der Waals surface area contributed by atoms with Crippen molar-refractivity contribution in [2.45, 2.75) is 51.7 Å². The molecular formula is C17H26N2O. The lowest BCUT2D eigenvalue weighted by Gasteiger charge is -2.28. The summed E-state index contributed by atoms with van der Waals surface area (Å²) in [6.45, 7) is 6.73. The Morgan fingerprint density at radius 1 is 1.30 bits per heavy atom. The van der Waals surface area contributed by atoms with Crippen molar-refractivity contribution >= 4 is 5.69 Å². The molecule has 0 bridgehead atoms. The summed E-state index contributed by atoms with van der Waals surface area (Å²) in [5.74, 6) is 0.580. The topological polar surface area (TPSA) is 35.5 Å². The van der Waals surface area contributed by atoms with Crippen molar-refractivity contribution in [3.63, 3.8) is 0 Å². The first-order valence-electron chi connectivity index (χ1n) is 7.89.